The zero-order valence-corrected chi connectivity index (χ0v) is 21.5. The van der Waals surface area contributed by atoms with Gasteiger partial charge in [-0.15, -0.1) is 0 Å². The van der Waals surface area contributed by atoms with Crippen molar-refractivity contribution < 1.29 is 9.18 Å². The Labute approximate surface area is 228 Å². The first-order chi connectivity index (χ1) is 19.7. The molecular weight excluding hydrogens is 507 g/mol. The van der Waals surface area contributed by atoms with E-state index in [2.05, 4.69) is 35.5 Å². The summed E-state index contributed by atoms with van der Waals surface area (Å²) in [5, 5.41) is 10.5. The second-order valence-corrected chi connectivity index (χ2v) is 10.1. The Balaban J connectivity index is 1.26. The first-order valence-corrected chi connectivity index (χ1v) is 13.3. The number of H-pyrrole nitrogens is 2. The van der Waals surface area contributed by atoms with Crippen LogP contribution >= 0.6 is 0 Å². The van der Waals surface area contributed by atoms with Crippen LogP contribution in [0.5, 0.6) is 0 Å². The summed E-state index contributed by atoms with van der Waals surface area (Å²) < 4.78 is 16.1. The number of para-hydroxylation sites is 1. The van der Waals surface area contributed by atoms with Crippen molar-refractivity contribution in [2.24, 2.45) is 5.92 Å². The van der Waals surface area contributed by atoms with E-state index < -0.39 is 5.82 Å². The number of nitrogens with zero attached hydrogens (tertiary/aromatic N) is 5. The first kappa shape index (κ1) is 24.1. The predicted octanol–water partition coefficient (Wildman–Crippen LogP) is 6.28. The van der Waals surface area contributed by atoms with Gasteiger partial charge >= 0.3 is 0 Å². The third-order valence-corrected chi connectivity index (χ3v) is 7.53. The van der Waals surface area contributed by atoms with E-state index >= 15 is 4.39 Å². The van der Waals surface area contributed by atoms with Crippen LogP contribution in [0.15, 0.2) is 67.4 Å². The van der Waals surface area contributed by atoms with Crippen molar-refractivity contribution in [3.63, 3.8) is 0 Å². The highest BCUT2D eigenvalue weighted by Crippen LogP contribution is 2.35. The number of carbonyl (C=O) groups is 1. The molecular formula is C30H25FN8O. The van der Waals surface area contributed by atoms with E-state index in [1.807, 2.05) is 30.3 Å². The van der Waals surface area contributed by atoms with E-state index in [1.165, 1.54) is 12.6 Å². The standard InChI is InChI=1S/C30H25FN8O/c31-25-24-23(16-34-26(25)19-13-20(15-33-14-19)35-30(40)18-5-2-1-3-6-18)38-39-28(24)29-36-22-8-4-7-21(27(22)37-29)17-9-11-32-12-10-17/h4,7-16,18H,1-3,5-6H2,(H,35,40)(H,36,37)(H,38,39). The Morgan fingerprint density at radius 2 is 1.77 bits per heavy atom. The lowest BCUT2D eigenvalue weighted by molar-refractivity contribution is -0.120. The molecule has 1 amide bonds. The van der Waals surface area contributed by atoms with Crippen molar-refractivity contribution in [1.82, 2.24) is 35.1 Å². The molecule has 0 unspecified atom stereocenters. The molecule has 1 aromatic carbocycles. The minimum atomic E-state index is -0.548. The number of pyridine rings is 3. The van der Waals surface area contributed by atoms with Gasteiger partial charge in [0.15, 0.2) is 11.6 Å². The van der Waals surface area contributed by atoms with Crippen LogP contribution in [0.3, 0.4) is 0 Å². The van der Waals surface area contributed by atoms with Crippen molar-refractivity contribution in [1.29, 1.82) is 0 Å². The summed E-state index contributed by atoms with van der Waals surface area (Å²) in [6.07, 6.45) is 13.2. The van der Waals surface area contributed by atoms with Crippen molar-refractivity contribution in [2.75, 3.05) is 5.32 Å². The van der Waals surface area contributed by atoms with E-state index in [9.17, 15) is 4.79 Å². The Hall–Kier alpha value is -4.99. The number of aromatic nitrogens is 7. The molecule has 198 valence electrons. The minimum absolute atomic E-state index is 0.0000105. The predicted molar refractivity (Wildman–Crippen MR) is 151 cm³/mol. The molecule has 6 aromatic rings. The SMILES string of the molecule is O=C(Nc1cncc(-c2ncc3[nH]nc(-c4nc5c(-c6ccncc6)cccc5[nH]4)c3c2F)c1)C1CCCCC1. The van der Waals surface area contributed by atoms with E-state index in [-0.39, 0.29) is 22.9 Å². The molecule has 9 nitrogen and oxygen atoms in total. The molecule has 10 heteroatoms. The number of carbonyl (C=O) groups excluding carboxylic acids is 1. The molecule has 40 heavy (non-hydrogen) atoms. The van der Waals surface area contributed by atoms with E-state index in [4.69, 9.17) is 4.98 Å². The van der Waals surface area contributed by atoms with Gasteiger partial charge in [-0.2, -0.15) is 5.10 Å². The molecule has 1 fully saturated rings. The van der Waals surface area contributed by atoms with E-state index in [0.717, 1.165) is 47.8 Å². The van der Waals surface area contributed by atoms with Gasteiger partial charge in [0.05, 0.1) is 40.0 Å². The number of halogens is 1. The van der Waals surface area contributed by atoms with E-state index in [1.54, 1.807) is 30.9 Å². The van der Waals surface area contributed by atoms with Crippen LogP contribution in [0.25, 0.3) is 55.8 Å². The van der Waals surface area contributed by atoms with Crippen LogP contribution in [0.1, 0.15) is 32.1 Å². The fourth-order valence-corrected chi connectivity index (χ4v) is 5.50. The first-order valence-electron chi connectivity index (χ1n) is 13.3. The lowest BCUT2D eigenvalue weighted by Crippen LogP contribution is -2.24. The number of rotatable bonds is 5. The summed E-state index contributed by atoms with van der Waals surface area (Å²) in [6.45, 7) is 0. The van der Waals surface area contributed by atoms with Gasteiger partial charge in [-0.25, -0.2) is 9.37 Å². The van der Waals surface area contributed by atoms with Gasteiger partial charge in [0.1, 0.15) is 11.4 Å². The van der Waals surface area contributed by atoms with Crippen LogP contribution in [0.2, 0.25) is 0 Å². The molecule has 0 aliphatic heterocycles. The molecule has 3 N–H and O–H groups in total. The van der Waals surface area contributed by atoms with Crippen molar-refractivity contribution in [2.45, 2.75) is 32.1 Å². The molecule has 0 radical (unpaired) electrons. The van der Waals surface area contributed by atoms with Gasteiger partial charge in [0.25, 0.3) is 0 Å². The lowest BCUT2D eigenvalue weighted by Gasteiger charge is -2.20. The van der Waals surface area contributed by atoms with Gasteiger partial charge in [-0.1, -0.05) is 31.4 Å². The largest absolute Gasteiger partial charge is 0.337 e. The lowest BCUT2D eigenvalue weighted by atomic mass is 9.88. The molecule has 0 bridgehead atoms. The minimum Gasteiger partial charge on any atom is -0.337 e. The number of amides is 1. The van der Waals surface area contributed by atoms with Gasteiger partial charge in [-0.3, -0.25) is 24.8 Å². The molecule has 0 atom stereocenters. The maximum Gasteiger partial charge on any atom is 0.227 e. The Morgan fingerprint density at radius 1 is 0.925 bits per heavy atom. The zero-order chi connectivity index (χ0) is 27.1. The monoisotopic (exact) mass is 532 g/mol. The second-order valence-electron chi connectivity index (χ2n) is 10.1. The van der Waals surface area contributed by atoms with E-state index in [0.29, 0.717) is 28.3 Å². The number of anilines is 1. The third kappa shape index (κ3) is 4.27. The molecule has 0 spiro atoms. The van der Waals surface area contributed by atoms with Gasteiger partial charge < -0.3 is 10.3 Å². The molecule has 1 saturated carbocycles. The molecule has 0 saturated heterocycles. The second kappa shape index (κ2) is 9.96. The number of nitrogens with one attached hydrogen (secondary N) is 3. The Morgan fingerprint density at radius 3 is 2.62 bits per heavy atom. The van der Waals surface area contributed by atoms with Gasteiger partial charge in [0, 0.05) is 35.6 Å². The summed E-state index contributed by atoms with van der Waals surface area (Å²) in [6, 6.07) is 11.4. The van der Waals surface area contributed by atoms with Crippen LogP contribution in [0, 0.1) is 11.7 Å². The zero-order valence-electron chi connectivity index (χ0n) is 21.5. The summed E-state index contributed by atoms with van der Waals surface area (Å²) >= 11 is 0. The number of hydrogen-bond acceptors (Lipinski definition) is 6. The van der Waals surface area contributed by atoms with Crippen LogP contribution in [-0.4, -0.2) is 41.0 Å². The number of hydrogen-bond donors (Lipinski definition) is 3. The summed E-state index contributed by atoms with van der Waals surface area (Å²) in [5.74, 6) is -0.130. The average Bonchev–Trinajstić information content (AvgIpc) is 3.63. The summed E-state index contributed by atoms with van der Waals surface area (Å²) in [4.78, 5) is 33.6. The fourth-order valence-electron chi connectivity index (χ4n) is 5.50. The van der Waals surface area contributed by atoms with Crippen molar-refractivity contribution in [3.8, 4) is 33.9 Å². The Kier molecular flexibility index (Phi) is 5.99. The fraction of sp³-hybridized carbons (Fsp3) is 0.200. The number of fused-ring (bicyclic) bond motifs is 2. The Bertz CT molecular complexity index is 1860. The highest BCUT2D eigenvalue weighted by molar-refractivity contribution is 5.98. The molecule has 1 aliphatic carbocycles. The normalized spacial score (nSPS) is 14.1. The van der Waals surface area contributed by atoms with Gasteiger partial charge in [-0.05, 0) is 42.7 Å². The molecule has 5 aromatic heterocycles. The number of benzene rings is 1. The van der Waals surface area contributed by atoms with Crippen molar-refractivity contribution >= 4 is 33.5 Å². The topological polar surface area (TPSA) is 125 Å². The van der Waals surface area contributed by atoms with Crippen molar-refractivity contribution in [3.05, 3.63) is 73.2 Å². The summed E-state index contributed by atoms with van der Waals surface area (Å²) in [5.41, 5.74) is 5.35. The maximum absolute atomic E-state index is 16.1. The molecule has 7 rings (SSSR count). The van der Waals surface area contributed by atoms with Gasteiger partial charge in [0.2, 0.25) is 5.91 Å². The molecule has 5 heterocycles. The van der Waals surface area contributed by atoms with Crippen LogP contribution in [0.4, 0.5) is 10.1 Å². The quantitative estimate of drug-likeness (QED) is 0.240. The highest BCUT2D eigenvalue weighted by Gasteiger charge is 2.23. The summed E-state index contributed by atoms with van der Waals surface area (Å²) in [7, 11) is 0. The average molecular weight is 533 g/mol. The maximum atomic E-state index is 16.1. The third-order valence-electron chi connectivity index (χ3n) is 7.53. The highest BCUT2D eigenvalue weighted by atomic mass is 19.1. The number of imidazole rings is 1. The van der Waals surface area contributed by atoms with Crippen LogP contribution < -0.4 is 5.32 Å². The molecule has 1 aliphatic rings. The smallest absolute Gasteiger partial charge is 0.227 e. The number of aromatic amines is 2. The van der Waals surface area contributed by atoms with Crippen LogP contribution in [-0.2, 0) is 4.79 Å².